The average Bonchev–Trinajstić information content (AvgIpc) is 3.04. The summed E-state index contributed by atoms with van der Waals surface area (Å²) >= 11 is 12.3. The number of aliphatic hydroxyl groups is 1. The monoisotopic (exact) mass is 489 g/mol. The Morgan fingerprint density at radius 3 is 2.33 bits per heavy atom. The molecule has 0 spiro atoms. The van der Waals surface area contributed by atoms with E-state index in [-0.39, 0.29) is 32.6 Å². The first-order valence-corrected chi connectivity index (χ1v) is 10.3. The highest BCUT2D eigenvalue weighted by Gasteiger charge is 2.47. The number of rotatable bonds is 4. The molecule has 1 aliphatic rings. The van der Waals surface area contributed by atoms with Crippen LogP contribution in [-0.4, -0.2) is 23.9 Å². The van der Waals surface area contributed by atoms with Crippen LogP contribution in [0.2, 0.25) is 10.0 Å². The molecule has 0 bridgehead atoms. The van der Waals surface area contributed by atoms with Crippen LogP contribution in [0.1, 0.15) is 17.2 Å². The molecule has 1 amide bonds. The average molecular weight is 490 g/mol. The van der Waals surface area contributed by atoms with E-state index in [0.717, 1.165) is 23.1 Å². The highest BCUT2D eigenvalue weighted by atomic mass is 35.5. The van der Waals surface area contributed by atoms with Crippen molar-refractivity contribution in [1.82, 2.24) is 0 Å². The molecular weight excluding hydrogens is 475 g/mol. The number of methoxy groups -OCH3 is 1. The number of halogens is 4. The fraction of sp³-hybridized carbons (Fsp3) is 0.0833. The zero-order valence-electron chi connectivity index (χ0n) is 17.0. The summed E-state index contributed by atoms with van der Waals surface area (Å²) in [5.41, 5.74) is 0.0712. The minimum absolute atomic E-state index is 0.0145. The molecule has 1 heterocycles. The van der Waals surface area contributed by atoms with E-state index in [4.69, 9.17) is 27.9 Å². The van der Waals surface area contributed by atoms with Gasteiger partial charge in [-0.3, -0.25) is 14.5 Å². The maximum atomic E-state index is 14.0. The third kappa shape index (κ3) is 4.05. The Kier molecular flexibility index (Phi) is 6.10. The van der Waals surface area contributed by atoms with Crippen molar-refractivity contribution in [2.75, 3.05) is 12.0 Å². The van der Waals surface area contributed by atoms with Crippen LogP contribution in [0.15, 0.2) is 66.2 Å². The van der Waals surface area contributed by atoms with Gasteiger partial charge in [-0.1, -0.05) is 41.4 Å². The van der Waals surface area contributed by atoms with Crippen molar-refractivity contribution in [1.29, 1.82) is 0 Å². The standard InChI is InChI=1S/C24H15Cl2F2NO4/c1-33-23-17(9-13(25)10-18(23)26)21(30)19-20(12-5-7-14(27)8-6-12)29(24(32)22(19)31)16-4-2-3-15(28)11-16/h2-11,20,30H,1H3/b21-19+. The van der Waals surface area contributed by atoms with E-state index >= 15 is 0 Å². The maximum Gasteiger partial charge on any atom is 0.300 e. The van der Waals surface area contributed by atoms with E-state index in [1.165, 1.54) is 49.6 Å². The van der Waals surface area contributed by atoms with Crippen molar-refractivity contribution in [3.8, 4) is 5.75 Å². The number of hydrogen-bond acceptors (Lipinski definition) is 4. The number of benzene rings is 3. The summed E-state index contributed by atoms with van der Waals surface area (Å²) in [4.78, 5) is 27.2. The number of nitrogens with zero attached hydrogens (tertiary/aromatic N) is 1. The molecule has 3 aromatic rings. The van der Waals surface area contributed by atoms with Crippen LogP contribution >= 0.6 is 23.2 Å². The number of aliphatic hydroxyl groups excluding tert-OH is 1. The normalized spacial score (nSPS) is 17.5. The third-order valence-electron chi connectivity index (χ3n) is 5.18. The summed E-state index contributed by atoms with van der Waals surface area (Å²) in [5, 5.41) is 11.4. The van der Waals surface area contributed by atoms with Crippen molar-refractivity contribution in [2.45, 2.75) is 6.04 Å². The van der Waals surface area contributed by atoms with Crippen molar-refractivity contribution < 1.29 is 28.2 Å². The molecule has 0 radical (unpaired) electrons. The number of anilines is 1. The lowest BCUT2D eigenvalue weighted by molar-refractivity contribution is -0.132. The van der Waals surface area contributed by atoms with Crippen LogP contribution in [0, 0.1) is 11.6 Å². The van der Waals surface area contributed by atoms with E-state index in [9.17, 15) is 23.5 Å². The van der Waals surface area contributed by atoms with Crippen LogP contribution in [0.3, 0.4) is 0 Å². The van der Waals surface area contributed by atoms with Gasteiger partial charge in [0.15, 0.2) is 0 Å². The molecule has 4 rings (SSSR count). The molecule has 1 fully saturated rings. The van der Waals surface area contributed by atoms with E-state index in [2.05, 4.69) is 0 Å². The molecule has 9 heteroatoms. The molecule has 168 valence electrons. The molecular formula is C24H15Cl2F2NO4. The fourth-order valence-electron chi connectivity index (χ4n) is 3.77. The summed E-state index contributed by atoms with van der Waals surface area (Å²) in [6, 6.07) is 11.7. The molecule has 0 saturated carbocycles. The molecule has 0 aliphatic carbocycles. The molecule has 1 saturated heterocycles. The van der Waals surface area contributed by atoms with Gasteiger partial charge in [0, 0.05) is 10.7 Å². The Hall–Kier alpha value is -3.42. The lowest BCUT2D eigenvalue weighted by Gasteiger charge is -2.25. The second kappa shape index (κ2) is 8.84. The van der Waals surface area contributed by atoms with Gasteiger partial charge in [-0.15, -0.1) is 0 Å². The van der Waals surface area contributed by atoms with Crippen LogP contribution in [-0.2, 0) is 9.59 Å². The number of carbonyl (C=O) groups excluding carboxylic acids is 2. The van der Waals surface area contributed by atoms with Gasteiger partial charge < -0.3 is 9.84 Å². The lowest BCUT2D eigenvalue weighted by Crippen LogP contribution is -2.29. The van der Waals surface area contributed by atoms with Crippen molar-refractivity contribution in [3.63, 3.8) is 0 Å². The zero-order valence-corrected chi connectivity index (χ0v) is 18.5. The van der Waals surface area contributed by atoms with Gasteiger partial charge in [-0.25, -0.2) is 8.78 Å². The second-order valence-corrected chi connectivity index (χ2v) is 8.01. The minimum Gasteiger partial charge on any atom is -0.507 e. The molecule has 1 atom stereocenters. The van der Waals surface area contributed by atoms with Crippen molar-refractivity contribution >= 4 is 46.3 Å². The Balaban J connectivity index is 2.01. The third-order valence-corrected chi connectivity index (χ3v) is 5.68. The Labute approximate surface area is 197 Å². The first kappa shape index (κ1) is 22.8. The summed E-state index contributed by atoms with van der Waals surface area (Å²) < 4.78 is 32.8. The molecule has 33 heavy (non-hydrogen) atoms. The number of carbonyl (C=O) groups is 2. The van der Waals surface area contributed by atoms with E-state index < -0.39 is 35.1 Å². The lowest BCUT2D eigenvalue weighted by atomic mass is 9.94. The molecule has 1 N–H and O–H groups in total. The van der Waals surface area contributed by atoms with Gasteiger partial charge in [0.2, 0.25) is 0 Å². The zero-order chi connectivity index (χ0) is 23.9. The first-order chi connectivity index (χ1) is 15.7. The predicted molar refractivity (Wildman–Crippen MR) is 121 cm³/mol. The van der Waals surface area contributed by atoms with Gasteiger partial charge in [0.25, 0.3) is 11.7 Å². The van der Waals surface area contributed by atoms with Gasteiger partial charge >= 0.3 is 0 Å². The summed E-state index contributed by atoms with van der Waals surface area (Å²) in [7, 11) is 1.31. The van der Waals surface area contributed by atoms with Crippen LogP contribution in [0.5, 0.6) is 5.75 Å². The van der Waals surface area contributed by atoms with Crippen molar-refractivity contribution in [3.05, 3.63) is 99.0 Å². The molecule has 1 aliphatic heterocycles. The molecule has 5 nitrogen and oxygen atoms in total. The topological polar surface area (TPSA) is 66.8 Å². The predicted octanol–water partition coefficient (Wildman–Crippen LogP) is 5.91. The Morgan fingerprint density at radius 2 is 1.70 bits per heavy atom. The van der Waals surface area contributed by atoms with E-state index in [1.807, 2.05) is 0 Å². The number of ether oxygens (including phenoxy) is 1. The first-order valence-electron chi connectivity index (χ1n) is 9.58. The highest BCUT2D eigenvalue weighted by molar-refractivity contribution is 6.51. The van der Waals surface area contributed by atoms with Gasteiger partial charge in [-0.2, -0.15) is 0 Å². The maximum absolute atomic E-state index is 14.0. The van der Waals surface area contributed by atoms with E-state index in [0.29, 0.717) is 5.56 Å². The molecule has 1 unspecified atom stereocenters. The summed E-state index contributed by atoms with van der Waals surface area (Å²) in [5.74, 6) is -3.75. The molecule has 3 aromatic carbocycles. The van der Waals surface area contributed by atoms with E-state index in [1.54, 1.807) is 0 Å². The molecule has 0 aromatic heterocycles. The second-order valence-electron chi connectivity index (χ2n) is 7.17. The Morgan fingerprint density at radius 1 is 1.00 bits per heavy atom. The summed E-state index contributed by atoms with van der Waals surface area (Å²) in [6.07, 6.45) is 0. The van der Waals surface area contributed by atoms with Crippen LogP contribution in [0.25, 0.3) is 5.76 Å². The van der Waals surface area contributed by atoms with Gasteiger partial charge in [0.1, 0.15) is 23.1 Å². The number of amides is 1. The quantitative estimate of drug-likeness (QED) is 0.281. The summed E-state index contributed by atoms with van der Waals surface area (Å²) in [6.45, 7) is 0. The minimum atomic E-state index is -1.19. The number of hydrogen-bond donors (Lipinski definition) is 1. The number of Topliss-reactive ketones (excluding diaryl/α,β-unsaturated/α-hetero) is 1. The highest BCUT2D eigenvalue weighted by Crippen LogP contribution is 2.45. The number of ketones is 1. The van der Waals surface area contributed by atoms with Gasteiger partial charge in [0.05, 0.1) is 29.3 Å². The van der Waals surface area contributed by atoms with Crippen LogP contribution < -0.4 is 9.64 Å². The van der Waals surface area contributed by atoms with Gasteiger partial charge in [-0.05, 0) is 48.0 Å². The van der Waals surface area contributed by atoms with Crippen LogP contribution in [0.4, 0.5) is 14.5 Å². The smallest absolute Gasteiger partial charge is 0.300 e. The van der Waals surface area contributed by atoms with Crippen molar-refractivity contribution in [2.24, 2.45) is 0 Å². The fourth-order valence-corrected chi connectivity index (χ4v) is 4.34. The Bertz CT molecular complexity index is 1310. The largest absolute Gasteiger partial charge is 0.507 e. The SMILES string of the molecule is COc1c(Cl)cc(Cl)cc1/C(O)=C1\C(=O)C(=O)N(c2cccc(F)c2)C1c1ccc(F)cc1.